The summed E-state index contributed by atoms with van der Waals surface area (Å²) in [7, 11) is 0. The van der Waals surface area contributed by atoms with Crippen LogP contribution >= 0.6 is 0 Å². The molecule has 0 unspecified atom stereocenters. The maximum atomic E-state index is 5.47. The van der Waals surface area contributed by atoms with Crippen LogP contribution in [-0.2, 0) is 4.74 Å². The van der Waals surface area contributed by atoms with E-state index in [2.05, 4.69) is 53.2 Å². The van der Waals surface area contributed by atoms with Crippen LogP contribution in [-0.4, -0.2) is 19.3 Å². The van der Waals surface area contributed by atoms with Crippen molar-refractivity contribution in [1.29, 1.82) is 0 Å². The van der Waals surface area contributed by atoms with Crippen LogP contribution in [0, 0.1) is 6.92 Å². The van der Waals surface area contributed by atoms with E-state index in [0.717, 1.165) is 17.1 Å². The number of nitrogens with zero attached hydrogens (tertiary/aromatic N) is 2. The van der Waals surface area contributed by atoms with Crippen LogP contribution in [0.15, 0.2) is 59.6 Å². The van der Waals surface area contributed by atoms with Gasteiger partial charge in [-0.05, 0) is 24.6 Å². The fraction of sp³-hybridized carbons (Fsp3) is 0.188. The van der Waals surface area contributed by atoms with Crippen LogP contribution in [0.25, 0.3) is 0 Å². The summed E-state index contributed by atoms with van der Waals surface area (Å²) in [6.45, 7) is 3.05. The summed E-state index contributed by atoms with van der Waals surface area (Å²) in [6, 6.07) is 18.6. The van der Waals surface area contributed by atoms with E-state index in [1.54, 1.807) is 0 Å². The first-order valence-corrected chi connectivity index (χ1v) is 6.36. The molecular formula is C16H16N2O. The molecule has 0 amide bonds. The number of aliphatic imine (C=N–C) groups is 1. The minimum Gasteiger partial charge on any atom is -0.339 e. The van der Waals surface area contributed by atoms with Crippen molar-refractivity contribution in [2.24, 2.45) is 4.99 Å². The number of aryl methyl sites for hydroxylation is 1. The van der Waals surface area contributed by atoms with Gasteiger partial charge in [0, 0.05) is 11.3 Å². The van der Waals surface area contributed by atoms with E-state index in [-0.39, 0.29) is 0 Å². The molecular weight excluding hydrogens is 236 g/mol. The SMILES string of the molecule is Cc1cccc(N2COCN=C2c2ccccc2)c1. The summed E-state index contributed by atoms with van der Waals surface area (Å²) in [4.78, 5) is 6.61. The van der Waals surface area contributed by atoms with Gasteiger partial charge in [-0.15, -0.1) is 0 Å². The van der Waals surface area contributed by atoms with Crippen molar-refractivity contribution in [3.05, 3.63) is 65.7 Å². The van der Waals surface area contributed by atoms with Gasteiger partial charge in [0.15, 0.2) is 0 Å². The van der Waals surface area contributed by atoms with Crippen molar-refractivity contribution < 1.29 is 4.74 Å². The van der Waals surface area contributed by atoms with E-state index in [0.29, 0.717) is 13.5 Å². The first kappa shape index (κ1) is 11.9. The predicted molar refractivity (Wildman–Crippen MR) is 77.5 cm³/mol. The van der Waals surface area contributed by atoms with Gasteiger partial charge in [-0.25, -0.2) is 4.99 Å². The maximum Gasteiger partial charge on any atom is 0.142 e. The Kier molecular flexibility index (Phi) is 3.29. The van der Waals surface area contributed by atoms with Crippen LogP contribution in [0.3, 0.4) is 0 Å². The van der Waals surface area contributed by atoms with Gasteiger partial charge in [-0.1, -0.05) is 42.5 Å². The van der Waals surface area contributed by atoms with Crippen molar-refractivity contribution in [3.8, 4) is 0 Å². The summed E-state index contributed by atoms with van der Waals surface area (Å²) in [5.74, 6) is 0.970. The first-order valence-electron chi connectivity index (χ1n) is 6.36. The number of benzene rings is 2. The molecule has 0 spiro atoms. The molecule has 2 aromatic rings. The molecule has 0 aliphatic carbocycles. The highest BCUT2D eigenvalue weighted by Gasteiger charge is 2.18. The van der Waals surface area contributed by atoms with Gasteiger partial charge in [-0.3, -0.25) is 0 Å². The summed E-state index contributed by atoms with van der Waals surface area (Å²) in [5, 5.41) is 0. The highest BCUT2D eigenvalue weighted by atomic mass is 16.5. The van der Waals surface area contributed by atoms with Crippen LogP contribution in [0.2, 0.25) is 0 Å². The zero-order chi connectivity index (χ0) is 13.1. The molecule has 96 valence electrons. The molecule has 1 aliphatic heterocycles. The van der Waals surface area contributed by atoms with Gasteiger partial charge < -0.3 is 9.64 Å². The quantitative estimate of drug-likeness (QED) is 0.820. The Labute approximate surface area is 113 Å². The Morgan fingerprint density at radius 3 is 2.68 bits per heavy atom. The summed E-state index contributed by atoms with van der Waals surface area (Å²) < 4.78 is 5.47. The number of hydrogen-bond donors (Lipinski definition) is 0. The molecule has 2 aromatic carbocycles. The summed E-state index contributed by atoms with van der Waals surface area (Å²) >= 11 is 0. The van der Waals surface area contributed by atoms with Crippen LogP contribution in [0.5, 0.6) is 0 Å². The fourth-order valence-electron chi connectivity index (χ4n) is 2.21. The summed E-state index contributed by atoms with van der Waals surface area (Å²) in [5.41, 5.74) is 3.46. The normalized spacial score (nSPS) is 15.2. The lowest BCUT2D eigenvalue weighted by Gasteiger charge is -2.29. The van der Waals surface area contributed by atoms with E-state index in [1.807, 2.05) is 18.2 Å². The zero-order valence-electron chi connectivity index (χ0n) is 10.9. The van der Waals surface area contributed by atoms with Crippen molar-refractivity contribution >= 4 is 11.5 Å². The minimum atomic E-state index is 0.423. The van der Waals surface area contributed by atoms with Gasteiger partial charge in [-0.2, -0.15) is 0 Å². The van der Waals surface area contributed by atoms with E-state index in [4.69, 9.17) is 4.74 Å². The average molecular weight is 252 g/mol. The fourth-order valence-corrected chi connectivity index (χ4v) is 2.21. The smallest absolute Gasteiger partial charge is 0.142 e. The lowest BCUT2D eigenvalue weighted by molar-refractivity contribution is 0.141. The van der Waals surface area contributed by atoms with E-state index in [1.165, 1.54) is 5.56 Å². The topological polar surface area (TPSA) is 24.8 Å². The standard InChI is InChI=1S/C16H16N2O/c1-13-6-5-9-15(10-13)18-12-19-11-17-16(18)14-7-3-2-4-8-14/h2-10H,11-12H2,1H3. The molecule has 0 radical (unpaired) electrons. The van der Waals surface area contributed by atoms with E-state index >= 15 is 0 Å². The van der Waals surface area contributed by atoms with Gasteiger partial charge in [0.05, 0.1) is 0 Å². The van der Waals surface area contributed by atoms with Crippen molar-refractivity contribution in [2.75, 3.05) is 18.4 Å². The number of rotatable bonds is 2. The monoisotopic (exact) mass is 252 g/mol. The second kappa shape index (κ2) is 5.24. The van der Waals surface area contributed by atoms with E-state index < -0.39 is 0 Å². The Morgan fingerprint density at radius 2 is 1.89 bits per heavy atom. The third kappa shape index (κ3) is 2.51. The Morgan fingerprint density at radius 1 is 1.05 bits per heavy atom. The first-order chi connectivity index (χ1) is 9.34. The highest BCUT2D eigenvalue weighted by Crippen LogP contribution is 2.21. The highest BCUT2D eigenvalue weighted by molar-refractivity contribution is 6.10. The van der Waals surface area contributed by atoms with Crippen LogP contribution in [0.4, 0.5) is 5.69 Å². The van der Waals surface area contributed by atoms with Crippen LogP contribution in [0.1, 0.15) is 11.1 Å². The largest absolute Gasteiger partial charge is 0.339 e. The molecule has 3 nitrogen and oxygen atoms in total. The maximum absolute atomic E-state index is 5.47. The second-order valence-corrected chi connectivity index (χ2v) is 4.58. The molecule has 3 rings (SSSR count). The third-order valence-electron chi connectivity index (χ3n) is 3.13. The summed E-state index contributed by atoms with van der Waals surface area (Å²) in [6.07, 6.45) is 0. The van der Waals surface area contributed by atoms with Crippen molar-refractivity contribution in [1.82, 2.24) is 0 Å². The number of ether oxygens (including phenoxy) is 1. The molecule has 3 heteroatoms. The van der Waals surface area contributed by atoms with Gasteiger partial charge in [0.25, 0.3) is 0 Å². The van der Waals surface area contributed by atoms with Gasteiger partial charge >= 0.3 is 0 Å². The Hall–Kier alpha value is -2.13. The number of amidine groups is 1. The van der Waals surface area contributed by atoms with Crippen molar-refractivity contribution in [2.45, 2.75) is 6.92 Å². The Bertz CT molecular complexity index is 593. The molecule has 0 saturated carbocycles. The molecule has 0 fully saturated rings. The van der Waals surface area contributed by atoms with Gasteiger partial charge in [0.2, 0.25) is 0 Å². The van der Waals surface area contributed by atoms with E-state index in [9.17, 15) is 0 Å². The molecule has 0 bridgehead atoms. The Balaban J connectivity index is 2.00. The number of anilines is 1. The lowest BCUT2D eigenvalue weighted by atomic mass is 10.1. The van der Waals surface area contributed by atoms with Gasteiger partial charge in [0.1, 0.15) is 19.3 Å². The van der Waals surface area contributed by atoms with Crippen molar-refractivity contribution in [3.63, 3.8) is 0 Å². The number of hydrogen-bond acceptors (Lipinski definition) is 3. The second-order valence-electron chi connectivity index (χ2n) is 4.58. The molecule has 1 aliphatic rings. The molecule has 0 atom stereocenters. The minimum absolute atomic E-state index is 0.423. The molecule has 19 heavy (non-hydrogen) atoms. The molecule has 1 heterocycles. The lowest BCUT2D eigenvalue weighted by Crippen LogP contribution is -2.37. The molecule has 0 aromatic heterocycles. The predicted octanol–water partition coefficient (Wildman–Crippen LogP) is 3.19. The average Bonchev–Trinajstić information content (AvgIpc) is 2.48. The molecule has 0 saturated heterocycles. The third-order valence-corrected chi connectivity index (χ3v) is 3.13. The molecule has 0 N–H and O–H groups in total. The zero-order valence-corrected chi connectivity index (χ0v) is 10.9. The van der Waals surface area contributed by atoms with Crippen LogP contribution < -0.4 is 4.90 Å².